The predicted molar refractivity (Wildman–Crippen MR) is 72.4 cm³/mol. The second-order valence-corrected chi connectivity index (χ2v) is 4.75. The van der Waals surface area contributed by atoms with Crippen molar-refractivity contribution in [1.82, 2.24) is 9.97 Å². The van der Waals surface area contributed by atoms with Crippen LogP contribution in [-0.4, -0.2) is 42.1 Å². The van der Waals surface area contributed by atoms with E-state index in [0.717, 1.165) is 23.9 Å². The molecule has 0 amide bonds. The minimum atomic E-state index is 0.472. The fraction of sp³-hybridized carbons (Fsp3) is 0.636. The Labute approximate surface area is 102 Å². The maximum atomic E-state index is 4.44. The molecule has 1 aromatic heterocycles. The molecule has 0 fully saturated rings. The molecule has 0 aliphatic rings. The third kappa shape index (κ3) is 3.89. The molecule has 4 nitrogen and oxygen atoms in total. The van der Waals surface area contributed by atoms with E-state index in [1.807, 2.05) is 36.8 Å². The van der Waals surface area contributed by atoms with Crippen molar-refractivity contribution in [3.63, 3.8) is 0 Å². The van der Waals surface area contributed by atoms with E-state index in [4.69, 9.17) is 0 Å². The minimum absolute atomic E-state index is 0.472. The highest BCUT2D eigenvalue weighted by atomic mass is 32.2. The first kappa shape index (κ1) is 13.1. The standard InChI is InChI=1S/C11H20N4S/c1-5-9(8-16-4)13-10-6-7-12-11(14-10)15(2)3/h6-7,9H,5,8H2,1-4H3,(H,12,13,14). The van der Waals surface area contributed by atoms with Crippen molar-refractivity contribution in [2.24, 2.45) is 0 Å². The van der Waals surface area contributed by atoms with Gasteiger partial charge in [0.1, 0.15) is 5.82 Å². The number of thioether (sulfide) groups is 1. The topological polar surface area (TPSA) is 41.1 Å². The summed E-state index contributed by atoms with van der Waals surface area (Å²) in [6.45, 7) is 2.18. The Balaban J connectivity index is 2.68. The van der Waals surface area contributed by atoms with E-state index in [1.165, 1.54) is 0 Å². The highest BCUT2D eigenvalue weighted by Gasteiger charge is 2.07. The fourth-order valence-electron chi connectivity index (χ4n) is 1.32. The van der Waals surface area contributed by atoms with Crippen molar-refractivity contribution in [2.75, 3.05) is 36.3 Å². The van der Waals surface area contributed by atoms with Crippen LogP contribution in [0.25, 0.3) is 0 Å². The molecular weight excluding hydrogens is 220 g/mol. The van der Waals surface area contributed by atoms with Crippen LogP contribution >= 0.6 is 11.8 Å². The fourth-order valence-corrected chi connectivity index (χ4v) is 2.04. The first-order valence-electron chi connectivity index (χ1n) is 5.43. The van der Waals surface area contributed by atoms with E-state index in [9.17, 15) is 0 Å². The summed E-state index contributed by atoms with van der Waals surface area (Å²) in [5, 5.41) is 3.43. The molecule has 90 valence electrons. The second-order valence-electron chi connectivity index (χ2n) is 3.84. The normalized spacial score (nSPS) is 12.2. The zero-order chi connectivity index (χ0) is 12.0. The van der Waals surface area contributed by atoms with Crippen LogP contribution in [0.4, 0.5) is 11.8 Å². The van der Waals surface area contributed by atoms with Crippen molar-refractivity contribution < 1.29 is 0 Å². The minimum Gasteiger partial charge on any atom is -0.366 e. The molecule has 0 saturated carbocycles. The van der Waals surface area contributed by atoms with Crippen molar-refractivity contribution in [3.05, 3.63) is 12.3 Å². The van der Waals surface area contributed by atoms with E-state index in [1.54, 1.807) is 6.20 Å². The first-order chi connectivity index (χ1) is 7.67. The lowest BCUT2D eigenvalue weighted by Gasteiger charge is -2.17. The average Bonchev–Trinajstić information content (AvgIpc) is 2.29. The SMILES string of the molecule is CCC(CSC)Nc1ccnc(N(C)C)n1. The molecule has 0 aliphatic heterocycles. The first-order valence-corrected chi connectivity index (χ1v) is 6.82. The van der Waals surface area contributed by atoms with E-state index < -0.39 is 0 Å². The third-order valence-electron chi connectivity index (χ3n) is 2.26. The van der Waals surface area contributed by atoms with Crippen LogP contribution in [0.15, 0.2) is 12.3 Å². The molecule has 1 unspecified atom stereocenters. The lowest BCUT2D eigenvalue weighted by Crippen LogP contribution is -2.22. The summed E-state index contributed by atoms with van der Waals surface area (Å²) < 4.78 is 0. The van der Waals surface area contributed by atoms with Gasteiger partial charge in [0.25, 0.3) is 0 Å². The van der Waals surface area contributed by atoms with Gasteiger partial charge in [-0.05, 0) is 18.7 Å². The van der Waals surface area contributed by atoms with Gasteiger partial charge in [-0.15, -0.1) is 0 Å². The largest absolute Gasteiger partial charge is 0.366 e. The molecule has 0 aliphatic carbocycles. The number of hydrogen-bond donors (Lipinski definition) is 1. The van der Waals surface area contributed by atoms with Crippen LogP contribution in [0, 0.1) is 0 Å². The summed E-state index contributed by atoms with van der Waals surface area (Å²) in [6.07, 6.45) is 5.01. The van der Waals surface area contributed by atoms with Crippen molar-refractivity contribution >= 4 is 23.5 Å². The van der Waals surface area contributed by atoms with E-state index in [0.29, 0.717) is 6.04 Å². The zero-order valence-corrected chi connectivity index (χ0v) is 11.2. The summed E-state index contributed by atoms with van der Waals surface area (Å²) in [7, 11) is 3.89. The lowest BCUT2D eigenvalue weighted by molar-refractivity contribution is 0.768. The average molecular weight is 240 g/mol. The van der Waals surface area contributed by atoms with Crippen LogP contribution in [-0.2, 0) is 0 Å². The number of nitrogens with one attached hydrogen (secondary N) is 1. The monoisotopic (exact) mass is 240 g/mol. The van der Waals surface area contributed by atoms with Gasteiger partial charge >= 0.3 is 0 Å². The highest BCUT2D eigenvalue weighted by molar-refractivity contribution is 7.98. The maximum absolute atomic E-state index is 4.44. The van der Waals surface area contributed by atoms with Gasteiger partial charge in [-0.1, -0.05) is 6.92 Å². The van der Waals surface area contributed by atoms with Gasteiger partial charge in [0, 0.05) is 32.1 Å². The second kappa shape index (κ2) is 6.58. The Morgan fingerprint density at radius 2 is 2.25 bits per heavy atom. The van der Waals surface area contributed by atoms with Crippen LogP contribution in [0.5, 0.6) is 0 Å². The molecule has 1 atom stereocenters. The summed E-state index contributed by atoms with van der Waals surface area (Å²) >= 11 is 1.85. The van der Waals surface area contributed by atoms with Crippen LogP contribution in [0.3, 0.4) is 0 Å². The Bertz CT molecular complexity index is 317. The summed E-state index contributed by atoms with van der Waals surface area (Å²) in [6, 6.07) is 2.38. The Hall–Kier alpha value is -0.970. The van der Waals surface area contributed by atoms with Crippen molar-refractivity contribution in [2.45, 2.75) is 19.4 Å². The number of aromatic nitrogens is 2. The summed E-state index contributed by atoms with van der Waals surface area (Å²) in [5.74, 6) is 2.74. The molecule has 1 rings (SSSR count). The van der Waals surface area contributed by atoms with Gasteiger partial charge in [0.2, 0.25) is 5.95 Å². The lowest BCUT2D eigenvalue weighted by atomic mass is 10.2. The van der Waals surface area contributed by atoms with Crippen LogP contribution in [0.2, 0.25) is 0 Å². The molecule has 1 heterocycles. The van der Waals surface area contributed by atoms with E-state index in [2.05, 4.69) is 28.5 Å². The molecule has 0 spiro atoms. The molecular formula is C11H20N4S. The van der Waals surface area contributed by atoms with Gasteiger partial charge in [-0.3, -0.25) is 0 Å². The van der Waals surface area contributed by atoms with Gasteiger partial charge < -0.3 is 10.2 Å². The summed E-state index contributed by atoms with van der Waals surface area (Å²) in [5.41, 5.74) is 0. The Morgan fingerprint density at radius 1 is 1.50 bits per heavy atom. The van der Waals surface area contributed by atoms with Crippen molar-refractivity contribution in [3.8, 4) is 0 Å². The zero-order valence-electron chi connectivity index (χ0n) is 10.4. The third-order valence-corrected chi connectivity index (χ3v) is 2.99. The highest BCUT2D eigenvalue weighted by Crippen LogP contribution is 2.12. The number of rotatable bonds is 6. The maximum Gasteiger partial charge on any atom is 0.226 e. The quantitative estimate of drug-likeness (QED) is 0.824. The molecule has 0 aromatic carbocycles. The molecule has 1 N–H and O–H groups in total. The van der Waals surface area contributed by atoms with Crippen LogP contribution < -0.4 is 10.2 Å². The number of hydrogen-bond acceptors (Lipinski definition) is 5. The Kier molecular flexibility index (Phi) is 5.38. The number of anilines is 2. The van der Waals surface area contributed by atoms with E-state index in [-0.39, 0.29) is 0 Å². The molecule has 0 radical (unpaired) electrons. The number of nitrogens with zero attached hydrogens (tertiary/aromatic N) is 3. The van der Waals surface area contributed by atoms with Gasteiger partial charge in [0.05, 0.1) is 0 Å². The molecule has 16 heavy (non-hydrogen) atoms. The van der Waals surface area contributed by atoms with Gasteiger partial charge in [-0.25, -0.2) is 4.98 Å². The molecule has 5 heteroatoms. The van der Waals surface area contributed by atoms with Gasteiger partial charge in [-0.2, -0.15) is 16.7 Å². The van der Waals surface area contributed by atoms with Crippen LogP contribution in [0.1, 0.15) is 13.3 Å². The summed E-state index contributed by atoms with van der Waals surface area (Å²) in [4.78, 5) is 10.5. The van der Waals surface area contributed by atoms with E-state index >= 15 is 0 Å². The molecule has 0 saturated heterocycles. The molecule has 0 bridgehead atoms. The molecule has 1 aromatic rings. The Morgan fingerprint density at radius 3 is 2.81 bits per heavy atom. The predicted octanol–water partition coefficient (Wildman–Crippen LogP) is 2.10. The smallest absolute Gasteiger partial charge is 0.226 e. The van der Waals surface area contributed by atoms with Crippen molar-refractivity contribution in [1.29, 1.82) is 0 Å². The van der Waals surface area contributed by atoms with Gasteiger partial charge in [0.15, 0.2) is 0 Å².